The Bertz CT molecular complexity index is 964. The number of likely N-dealkylation sites (tertiary alicyclic amines) is 1. The second-order valence-corrected chi connectivity index (χ2v) is 8.36. The van der Waals surface area contributed by atoms with Crippen LogP contribution in [0.1, 0.15) is 76.6 Å². The largest absolute Gasteiger partial charge is 0.438 e. The third-order valence-corrected chi connectivity index (χ3v) is 6.11. The lowest BCUT2D eigenvalue weighted by Gasteiger charge is -2.22. The van der Waals surface area contributed by atoms with Crippen molar-refractivity contribution in [2.75, 3.05) is 6.54 Å². The molecule has 0 saturated carbocycles. The molecule has 1 aromatic heterocycles. The molecular formula is C26H32N2O2. The Balaban J connectivity index is 1.42. The summed E-state index contributed by atoms with van der Waals surface area (Å²) < 4.78 is 6.09. The third kappa shape index (κ3) is 4.75. The van der Waals surface area contributed by atoms with Gasteiger partial charge < -0.3 is 9.32 Å². The number of carbonyl (C=O) groups excluding carboxylic acids is 1. The number of oxazole rings is 1. The van der Waals surface area contributed by atoms with Crippen LogP contribution in [0.4, 0.5) is 0 Å². The summed E-state index contributed by atoms with van der Waals surface area (Å²) in [4.78, 5) is 19.6. The minimum atomic E-state index is -0.0230. The quantitative estimate of drug-likeness (QED) is 0.364. The van der Waals surface area contributed by atoms with Gasteiger partial charge in [0.15, 0.2) is 5.58 Å². The Morgan fingerprint density at radius 3 is 2.67 bits per heavy atom. The van der Waals surface area contributed by atoms with Crippen LogP contribution in [-0.2, 0) is 4.79 Å². The average Bonchev–Trinajstić information content (AvgIpc) is 3.43. The Hall–Kier alpha value is -2.62. The highest BCUT2D eigenvalue weighted by molar-refractivity contribution is 5.81. The van der Waals surface area contributed by atoms with Gasteiger partial charge in [-0.25, -0.2) is 4.98 Å². The summed E-state index contributed by atoms with van der Waals surface area (Å²) in [6.45, 7) is 3.04. The van der Waals surface area contributed by atoms with Gasteiger partial charge >= 0.3 is 0 Å². The molecule has 3 aromatic rings. The smallest absolute Gasteiger partial charge is 0.223 e. The number of hydrogen-bond donors (Lipinski definition) is 0. The molecule has 1 saturated heterocycles. The van der Waals surface area contributed by atoms with E-state index < -0.39 is 0 Å². The predicted molar refractivity (Wildman–Crippen MR) is 121 cm³/mol. The zero-order valence-corrected chi connectivity index (χ0v) is 18.0. The fourth-order valence-corrected chi connectivity index (χ4v) is 4.42. The number of aromatic nitrogens is 1. The standard InChI is InChI=1S/C26H32N2O2/c1-2-3-4-5-6-10-15-25(29)28-18-11-14-23(28)26-27-22-19-21(16-17-24(22)30-26)20-12-8-7-9-13-20/h7-9,12-13,16-17,19,23H,2-6,10-11,14-15,18H2,1H3/t23-/m1/s1. The van der Waals surface area contributed by atoms with Crippen molar-refractivity contribution in [1.82, 2.24) is 9.88 Å². The molecule has 1 aliphatic heterocycles. The van der Waals surface area contributed by atoms with Crippen LogP contribution < -0.4 is 0 Å². The van der Waals surface area contributed by atoms with Gasteiger partial charge in [0, 0.05) is 13.0 Å². The van der Waals surface area contributed by atoms with Gasteiger partial charge in [0.05, 0.1) is 0 Å². The summed E-state index contributed by atoms with van der Waals surface area (Å²) >= 11 is 0. The molecule has 1 atom stereocenters. The first-order valence-corrected chi connectivity index (χ1v) is 11.5. The van der Waals surface area contributed by atoms with E-state index in [9.17, 15) is 4.79 Å². The molecule has 158 valence electrons. The number of rotatable bonds is 9. The van der Waals surface area contributed by atoms with Crippen LogP contribution in [0.2, 0.25) is 0 Å². The van der Waals surface area contributed by atoms with Crippen LogP contribution in [0.3, 0.4) is 0 Å². The van der Waals surface area contributed by atoms with Gasteiger partial charge in [-0.3, -0.25) is 4.79 Å². The molecule has 2 heterocycles. The highest BCUT2D eigenvalue weighted by Crippen LogP contribution is 2.35. The second kappa shape index (κ2) is 9.92. The van der Waals surface area contributed by atoms with Crippen LogP contribution in [0.25, 0.3) is 22.2 Å². The third-order valence-electron chi connectivity index (χ3n) is 6.11. The summed E-state index contributed by atoms with van der Waals surface area (Å²) in [6.07, 6.45) is 9.79. The topological polar surface area (TPSA) is 46.3 Å². The molecule has 2 aromatic carbocycles. The summed E-state index contributed by atoms with van der Waals surface area (Å²) in [5, 5.41) is 0. The van der Waals surface area contributed by atoms with E-state index in [2.05, 4.69) is 31.2 Å². The first-order valence-electron chi connectivity index (χ1n) is 11.5. The Morgan fingerprint density at radius 1 is 1.03 bits per heavy atom. The maximum atomic E-state index is 12.8. The Kier molecular flexibility index (Phi) is 6.83. The van der Waals surface area contributed by atoms with E-state index in [0.717, 1.165) is 48.9 Å². The first kappa shape index (κ1) is 20.6. The lowest BCUT2D eigenvalue weighted by molar-refractivity contribution is -0.132. The molecule has 0 spiro atoms. The van der Waals surface area contributed by atoms with Crippen LogP contribution in [0.15, 0.2) is 52.9 Å². The van der Waals surface area contributed by atoms with E-state index in [0.29, 0.717) is 12.3 Å². The van der Waals surface area contributed by atoms with Crippen molar-refractivity contribution in [2.45, 2.75) is 70.8 Å². The molecule has 4 nitrogen and oxygen atoms in total. The number of carbonyl (C=O) groups is 1. The molecule has 1 aliphatic rings. The molecule has 4 heteroatoms. The van der Waals surface area contributed by atoms with Gasteiger partial charge in [0.2, 0.25) is 11.8 Å². The summed E-state index contributed by atoms with van der Waals surface area (Å²) in [7, 11) is 0. The number of amides is 1. The monoisotopic (exact) mass is 404 g/mol. The van der Waals surface area contributed by atoms with Gasteiger partial charge in [0.1, 0.15) is 11.6 Å². The summed E-state index contributed by atoms with van der Waals surface area (Å²) in [5.41, 5.74) is 3.95. The van der Waals surface area contributed by atoms with Crippen molar-refractivity contribution in [2.24, 2.45) is 0 Å². The van der Waals surface area contributed by atoms with Crippen molar-refractivity contribution >= 4 is 17.0 Å². The normalized spacial score (nSPS) is 16.4. The van der Waals surface area contributed by atoms with Crippen molar-refractivity contribution in [3.8, 4) is 11.1 Å². The van der Waals surface area contributed by atoms with Gasteiger partial charge in [-0.2, -0.15) is 0 Å². The van der Waals surface area contributed by atoms with Gasteiger partial charge in [-0.1, -0.05) is 75.4 Å². The highest BCUT2D eigenvalue weighted by Gasteiger charge is 2.33. The van der Waals surface area contributed by atoms with Crippen LogP contribution in [0, 0.1) is 0 Å². The SMILES string of the molecule is CCCCCCCCC(=O)N1CCC[C@@H]1c1nc2cc(-c3ccccc3)ccc2o1. The van der Waals surface area contributed by atoms with Crippen molar-refractivity contribution in [3.05, 3.63) is 54.4 Å². The van der Waals surface area contributed by atoms with E-state index >= 15 is 0 Å². The van der Waals surface area contributed by atoms with E-state index in [1.165, 1.54) is 31.2 Å². The second-order valence-electron chi connectivity index (χ2n) is 8.36. The van der Waals surface area contributed by atoms with E-state index in [1.807, 2.05) is 29.2 Å². The molecule has 0 bridgehead atoms. The van der Waals surface area contributed by atoms with Crippen molar-refractivity contribution in [3.63, 3.8) is 0 Å². The number of unbranched alkanes of at least 4 members (excludes halogenated alkanes) is 5. The average molecular weight is 405 g/mol. The van der Waals surface area contributed by atoms with Gasteiger partial charge in [-0.05, 0) is 42.5 Å². The van der Waals surface area contributed by atoms with Crippen LogP contribution in [-0.4, -0.2) is 22.3 Å². The maximum Gasteiger partial charge on any atom is 0.223 e. The molecular weight excluding hydrogens is 372 g/mol. The van der Waals surface area contributed by atoms with Gasteiger partial charge in [0.25, 0.3) is 0 Å². The van der Waals surface area contributed by atoms with E-state index in [4.69, 9.17) is 9.40 Å². The van der Waals surface area contributed by atoms with Crippen LogP contribution >= 0.6 is 0 Å². The fourth-order valence-electron chi connectivity index (χ4n) is 4.42. The van der Waals surface area contributed by atoms with Gasteiger partial charge in [-0.15, -0.1) is 0 Å². The molecule has 0 radical (unpaired) electrons. The number of nitrogens with zero attached hydrogens (tertiary/aromatic N) is 2. The summed E-state index contributed by atoms with van der Waals surface area (Å²) in [6, 6.07) is 16.4. The zero-order chi connectivity index (χ0) is 20.8. The molecule has 0 unspecified atom stereocenters. The highest BCUT2D eigenvalue weighted by atomic mass is 16.3. The van der Waals surface area contributed by atoms with Crippen molar-refractivity contribution in [1.29, 1.82) is 0 Å². The van der Waals surface area contributed by atoms with E-state index in [1.54, 1.807) is 0 Å². The minimum absolute atomic E-state index is 0.0230. The lowest BCUT2D eigenvalue weighted by Crippen LogP contribution is -2.30. The molecule has 1 amide bonds. The van der Waals surface area contributed by atoms with Crippen LogP contribution in [0.5, 0.6) is 0 Å². The maximum absolute atomic E-state index is 12.8. The van der Waals surface area contributed by atoms with E-state index in [-0.39, 0.29) is 11.9 Å². The molecule has 30 heavy (non-hydrogen) atoms. The number of hydrogen-bond acceptors (Lipinski definition) is 3. The molecule has 0 aliphatic carbocycles. The fraction of sp³-hybridized carbons (Fsp3) is 0.462. The summed E-state index contributed by atoms with van der Waals surface area (Å²) in [5.74, 6) is 0.934. The Labute approximate surface area is 179 Å². The molecule has 1 fully saturated rings. The Morgan fingerprint density at radius 2 is 1.83 bits per heavy atom. The first-order chi connectivity index (χ1) is 14.8. The minimum Gasteiger partial charge on any atom is -0.438 e. The molecule has 0 N–H and O–H groups in total. The van der Waals surface area contributed by atoms with Crippen molar-refractivity contribution < 1.29 is 9.21 Å². The number of fused-ring (bicyclic) bond motifs is 1. The number of benzene rings is 2. The zero-order valence-electron chi connectivity index (χ0n) is 18.0. The predicted octanol–water partition coefficient (Wildman–Crippen LogP) is 6.91. The molecule has 4 rings (SSSR count). The lowest BCUT2D eigenvalue weighted by atomic mass is 10.1.